The Hall–Kier alpha value is -1.59. The minimum absolute atomic E-state index is 0.0139. The van der Waals surface area contributed by atoms with Gasteiger partial charge >= 0.3 is 11.9 Å². The Kier molecular flexibility index (Phi) is 21.1. The van der Waals surface area contributed by atoms with Crippen LogP contribution in [0.1, 0.15) is 27.2 Å². The van der Waals surface area contributed by atoms with Crippen molar-refractivity contribution in [1.82, 2.24) is 19.6 Å². The van der Waals surface area contributed by atoms with Gasteiger partial charge in [0.15, 0.2) is 0 Å². The SMILES string of the molecule is CC.CCCN1CCN(CC(=O)O)CCN(CC=O)CCN(CC(=O)O)CC1.CO. The molecule has 0 aromatic carbocycles. The number of aldehydes is 1. The summed E-state index contributed by atoms with van der Waals surface area (Å²) >= 11 is 0. The van der Waals surface area contributed by atoms with Crippen molar-refractivity contribution < 1.29 is 29.7 Å². The van der Waals surface area contributed by atoms with Gasteiger partial charge < -0.3 is 25.0 Å². The molecule has 0 aromatic rings. The molecule has 0 unspecified atom stereocenters. The molecule has 10 heteroatoms. The Bertz CT molecular complexity index is 421. The summed E-state index contributed by atoms with van der Waals surface area (Å²) < 4.78 is 0. The van der Waals surface area contributed by atoms with Gasteiger partial charge in [0.2, 0.25) is 0 Å². The first-order valence-electron chi connectivity index (χ1n) is 10.7. The minimum Gasteiger partial charge on any atom is -0.480 e. The largest absolute Gasteiger partial charge is 0.480 e. The third kappa shape index (κ3) is 16.2. The van der Waals surface area contributed by atoms with Gasteiger partial charge in [-0.3, -0.25) is 24.3 Å². The van der Waals surface area contributed by atoms with E-state index < -0.39 is 11.9 Å². The van der Waals surface area contributed by atoms with Crippen LogP contribution < -0.4 is 0 Å². The maximum Gasteiger partial charge on any atom is 0.317 e. The first kappa shape index (κ1) is 30.6. The highest BCUT2D eigenvalue weighted by Crippen LogP contribution is 2.01. The fourth-order valence-electron chi connectivity index (χ4n) is 3.11. The van der Waals surface area contributed by atoms with Crippen molar-refractivity contribution in [2.24, 2.45) is 0 Å². The van der Waals surface area contributed by atoms with Gasteiger partial charge in [0.1, 0.15) is 6.29 Å². The van der Waals surface area contributed by atoms with E-state index in [1.165, 1.54) is 0 Å². The van der Waals surface area contributed by atoms with Crippen LogP contribution in [0.3, 0.4) is 0 Å². The van der Waals surface area contributed by atoms with Gasteiger partial charge in [-0.15, -0.1) is 0 Å². The lowest BCUT2D eigenvalue weighted by Crippen LogP contribution is -2.48. The predicted octanol–water partition coefficient (Wildman–Crippen LogP) is -0.379. The molecule has 0 aromatic heterocycles. The van der Waals surface area contributed by atoms with Gasteiger partial charge in [-0.2, -0.15) is 0 Å². The molecular formula is C20H42N4O6. The zero-order valence-corrected chi connectivity index (χ0v) is 19.1. The van der Waals surface area contributed by atoms with Crippen LogP contribution >= 0.6 is 0 Å². The lowest BCUT2D eigenvalue weighted by Gasteiger charge is -2.32. The molecule has 0 saturated carbocycles. The Labute approximate surface area is 181 Å². The van der Waals surface area contributed by atoms with Crippen molar-refractivity contribution in [2.75, 3.05) is 85.6 Å². The average molecular weight is 435 g/mol. The van der Waals surface area contributed by atoms with Crippen molar-refractivity contribution in [3.8, 4) is 0 Å². The van der Waals surface area contributed by atoms with Crippen LogP contribution in [0.5, 0.6) is 0 Å². The molecule has 1 rings (SSSR count). The molecule has 0 aliphatic carbocycles. The maximum atomic E-state index is 11.1. The second kappa shape index (κ2) is 20.7. The van der Waals surface area contributed by atoms with Gasteiger partial charge in [-0.1, -0.05) is 20.8 Å². The zero-order chi connectivity index (χ0) is 23.4. The summed E-state index contributed by atoms with van der Waals surface area (Å²) in [4.78, 5) is 41.2. The lowest BCUT2D eigenvalue weighted by molar-refractivity contribution is -0.139. The van der Waals surface area contributed by atoms with E-state index in [0.717, 1.165) is 39.5 Å². The molecule has 0 bridgehead atoms. The van der Waals surface area contributed by atoms with Crippen molar-refractivity contribution in [3.63, 3.8) is 0 Å². The number of carbonyl (C=O) groups is 3. The maximum absolute atomic E-state index is 11.1. The summed E-state index contributed by atoms with van der Waals surface area (Å²) in [5, 5.41) is 25.2. The fourth-order valence-corrected chi connectivity index (χ4v) is 3.11. The Morgan fingerprint density at radius 3 is 1.37 bits per heavy atom. The van der Waals surface area contributed by atoms with Crippen LogP contribution in [0.25, 0.3) is 0 Å². The third-order valence-electron chi connectivity index (χ3n) is 4.52. The van der Waals surface area contributed by atoms with Gasteiger partial charge in [0.25, 0.3) is 0 Å². The molecule has 0 atom stereocenters. The molecule has 0 radical (unpaired) electrons. The van der Waals surface area contributed by atoms with Crippen LogP contribution in [0.15, 0.2) is 0 Å². The molecule has 1 aliphatic rings. The summed E-state index contributed by atoms with van der Waals surface area (Å²) in [6.45, 7) is 12.3. The number of aliphatic hydroxyl groups is 1. The summed E-state index contributed by atoms with van der Waals surface area (Å²) in [5.74, 6) is -1.71. The smallest absolute Gasteiger partial charge is 0.317 e. The Balaban J connectivity index is 0. The summed E-state index contributed by atoms with van der Waals surface area (Å²) in [7, 11) is 1.00. The molecule has 1 aliphatic heterocycles. The van der Waals surface area contributed by atoms with E-state index in [-0.39, 0.29) is 19.6 Å². The molecule has 1 saturated heterocycles. The summed E-state index contributed by atoms with van der Waals surface area (Å²) in [6.07, 6.45) is 1.82. The van der Waals surface area contributed by atoms with E-state index in [9.17, 15) is 14.4 Å². The predicted molar refractivity (Wildman–Crippen MR) is 117 cm³/mol. The molecule has 1 fully saturated rings. The number of carboxylic acids is 2. The molecule has 1 heterocycles. The summed E-state index contributed by atoms with van der Waals surface area (Å²) in [6, 6.07) is 0. The standard InChI is InChI=1S/C17H32N4O5.C2H6.CH4O/c1-2-3-18-4-8-20(14-16(23)24)10-6-19(12-13-22)7-11-21(9-5-18)15-17(25)26;2*1-2/h13H,2-12,14-15H2,1H3,(H,23,24)(H,25,26);1-2H3;2H,1H3. The number of rotatable bonds is 8. The van der Waals surface area contributed by atoms with E-state index in [4.69, 9.17) is 15.3 Å². The Morgan fingerprint density at radius 2 is 1.07 bits per heavy atom. The van der Waals surface area contributed by atoms with Crippen LogP contribution in [0.4, 0.5) is 0 Å². The van der Waals surface area contributed by atoms with Crippen LogP contribution in [0, 0.1) is 0 Å². The van der Waals surface area contributed by atoms with Gasteiger partial charge in [-0.05, 0) is 13.0 Å². The second-order valence-electron chi connectivity index (χ2n) is 6.65. The molecule has 10 nitrogen and oxygen atoms in total. The highest BCUT2D eigenvalue weighted by molar-refractivity contribution is 5.69. The van der Waals surface area contributed by atoms with Crippen molar-refractivity contribution in [1.29, 1.82) is 0 Å². The van der Waals surface area contributed by atoms with Gasteiger partial charge in [0, 0.05) is 59.5 Å². The first-order valence-corrected chi connectivity index (χ1v) is 10.7. The minimum atomic E-state index is -0.853. The second-order valence-corrected chi connectivity index (χ2v) is 6.65. The van der Waals surface area contributed by atoms with Gasteiger partial charge in [0.05, 0.1) is 19.6 Å². The number of hydrogen-bond acceptors (Lipinski definition) is 8. The van der Waals surface area contributed by atoms with Crippen molar-refractivity contribution in [3.05, 3.63) is 0 Å². The van der Waals surface area contributed by atoms with E-state index in [1.54, 1.807) is 0 Å². The van der Waals surface area contributed by atoms with E-state index >= 15 is 0 Å². The highest BCUT2D eigenvalue weighted by atomic mass is 16.4. The number of aliphatic hydroxyl groups excluding tert-OH is 1. The zero-order valence-electron chi connectivity index (χ0n) is 19.1. The average Bonchev–Trinajstić information content (AvgIpc) is 2.72. The normalized spacial score (nSPS) is 17.9. The molecular weight excluding hydrogens is 392 g/mol. The third-order valence-corrected chi connectivity index (χ3v) is 4.52. The molecule has 3 N–H and O–H groups in total. The number of nitrogens with zero attached hydrogens (tertiary/aromatic N) is 4. The number of hydrogen-bond donors (Lipinski definition) is 3. The quantitative estimate of drug-likeness (QED) is 0.435. The van der Waals surface area contributed by atoms with Crippen LogP contribution in [0.2, 0.25) is 0 Å². The van der Waals surface area contributed by atoms with Crippen LogP contribution in [-0.4, -0.2) is 139 Å². The molecule has 30 heavy (non-hydrogen) atoms. The first-order chi connectivity index (χ1) is 14.4. The molecule has 0 amide bonds. The molecule has 178 valence electrons. The van der Waals surface area contributed by atoms with Crippen molar-refractivity contribution in [2.45, 2.75) is 27.2 Å². The summed E-state index contributed by atoms with van der Waals surface area (Å²) in [5.41, 5.74) is 0. The number of carbonyl (C=O) groups excluding carboxylic acids is 1. The number of carboxylic acid groups (broad SMARTS) is 2. The number of aliphatic carboxylic acids is 2. The Morgan fingerprint density at radius 1 is 0.733 bits per heavy atom. The monoisotopic (exact) mass is 434 g/mol. The van der Waals surface area contributed by atoms with Crippen LogP contribution in [-0.2, 0) is 14.4 Å². The highest BCUT2D eigenvalue weighted by Gasteiger charge is 2.18. The molecule has 0 spiro atoms. The lowest BCUT2D eigenvalue weighted by atomic mass is 10.3. The van der Waals surface area contributed by atoms with E-state index in [0.29, 0.717) is 39.3 Å². The fraction of sp³-hybridized carbons (Fsp3) is 0.850. The van der Waals surface area contributed by atoms with E-state index in [1.807, 2.05) is 28.5 Å². The van der Waals surface area contributed by atoms with E-state index in [2.05, 4.69) is 11.8 Å². The van der Waals surface area contributed by atoms with Crippen molar-refractivity contribution >= 4 is 18.2 Å². The van der Waals surface area contributed by atoms with Gasteiger partial charge in [-0.25, -0.2) is 0 Å². The topological polar surface area (TPSA) is 125 Å².